The third-order valence-electron chi connectivity index (χ3n) is 3.05. The molecular formula is C14H16N2O3S. The number of amides is 2. The fourth-order valence-corrected chi connectivity index (χ4v) is 2.69. The van der Waals surface area contributed by atoms with Crippen molar-refractivity contribution in [3.8, 4) is 11.8 Å². The molecule has 2 N–H and O–H groups in total. The monoisotopic (exact) mass is 292 g/mol. The van der Waals surface area contributed by atoms with Gasteiger partial charge in [-0.05, 0) is 13.0 Å². The molecule has 2 heterocycles. The molecule has 0 spiro atoms. The zero-order chi connectivity index (χ0) is 14.5. The maximum atomic E-state index is 12.4. The second-order valence-electron chi connectivity index (χ2n) is 4.44. The summed E-state index contributed by atoms with van der Waals surface area (Å²) < 4.78 is 0. The molecule has 0 saturated carbocycles. The molecule has 1 fully saturated rings. The third kappa shape index (κ3) is 3.18. The summed E-state index contributed by atoms with van der Waals surface area (Å²) in [5.41, 5.74) is 0.560. The molecule has 0 aliphatic carbocycles. The lowest BCUT2D eigenvalue weighted by Gasteiger charge is -2.32. The molecule has 2 rings (SSSR count). The van der Waals surface area contributed by atoms with Crippen LogP contribution in [0.1, 0.15) is 28.6 Å². The van der Waals surface area contributed by atoms with E-state index in [0.717, 1.165) is 4.88 Å². The van der Waals surface area contributed by atoms with E-state index in [1.807, 2.05) is 0 Å². The van der Waals surface area contributed by atoms with Crippen molar-refractivity contribution in [1.29, 1.82) is 0 Å². The number of aliphatic hydroxyl groups excluding tert-OH is 1. The topological polar surface area (TPSA) is 69.6 Å². The normalized spacial score (nSPS) is 18.2. The Labute approximate surface area is 121 Å². The van der Waals surface area contributed by atoms with Crippen molar-refractivity contribution < 1.29 is 14.7 Å². The summed E-state index contributed by atoms with van der Waals surface area (Å²) in [4.78, 5) is 26.3. The Balaban J connectivity index is 2.10. The maximum Gasteiger partial charge on any atom is 0.255 e. The number of carbonyl (C=O) groups is 2. The van der Waals surface area contributed by atoms with Crippen LogP contribution in [0.25, 0.3) is 0 Å². The number of thiophene rings is 1. The number of piperazine rings is 1. The van der Waals surface area contributed by atoms with Crippen LogP contribution in [0.15, 0.2) is 11.4 Å². The zero-order valence-electron chi connectivity index (χ0n) is 11.2. The van der Waals surface area contributed by atoms with Gasteiger partial charge in [0.2, 0.25) is 5.91 Å². The van der Waals surface area contributed by atoms with Gasteiger partial charge in [0.05, 0.1) is 17.0 Å². The van der Waals surface area contributed by atoms with Crippen LogP contribution in [0.4, 0.5) is 0 Å². The maximum absolute atomic E-state index is 12.4. The minimum Gasteiger partial charge on any atom is -0.395 e. The quantitative estimate of drug-likeness (QED) is 0.777. The van der Waals surface area contributed by atoms with E-state index in [-0.39, 0.29) is 18.4 Å². The van der Waals surface area contributed by atoms with Crippen molar-refractivity contribution in [2.45, 2.75) is 19.4 Å². The van der Waals surface area contributed by atoms with Crippen LogP contribution in [0.5, 0.6) is 0 Å². The third-order valence-corrected chi connectivity index (χ3v) is 3.90. The molecule has 1 atom stereocenters. The number of hydrogen-bond acceptors (Lipinski definition) is 4. The Kier molecular flexibility index (Phi) is 4.77. The average Bonchev–Trinajstić information content (AvgIpc) is 2.90. The van der Waals surface area contributed by atoms with E-state index in [0.29, 0.717) is 25.1 Å². The summed E-state index contributed by atoms with van der Waals surface area (Å²) in [7, 11) is 0. The summed E-state index contributed by atoms with van der Waals surface area (Å²) in [5, 5.41) is 13.2. The molecule has 20 heavy (non-hydrogen) atoms. The molecule has 1 unspecified atom stereocenters. The minimum atomic E-state index is -0.444. The Morgan fingerprint density at radius 2 is 2.45 bits per heavy atom. The molecule has 0 aromatic carbocycles. The first-order chi connectivity index (χ1) is 9.63. The molecule has 2 amide bonds. The summed E-state index contributed by atoms with van der Waals surface area (Å²) >= 11 is 1.39. The predicted octanol–water partition coefficient (Wildman–Crippen LogP) is 0.443. The van der Waals surface area contributed by atoms with Crippen molar-refractivity contribution in [3.05, 3.63) is 21.9 Å². The largest absolute Gasteiger partial charge is 0.395 e. The second kappa shape index (κ2) is 6.55. The van der Waals surface area contributed by atoms with E-state index in [4.69, 9.17) is 5.11 Å². The van der Waals surface area contributed by atoms with E-state index < -0.39 is 6.04 Å². The Hall–Kier alpha value is -1.84. The van der Waals surface area contributed by atoms with Crippen LogP contribution < -0.4 is 5.32 Å². The number of nitrogens with one attached hydrogen (secondary N) is 1. The first kappa shape index (κ1) is 14.6. The Morgan fingerprint density at radius 3 is 3.20 bits per heavy atom. The van der Waals surface area contributed by atoms with E-state index in [2.05, 4.69) is 17.2 Å². The van der Waals surface area contributed by atoms with Crippen LogP contribution in [-0.2, 0) is 4.79 Å². The van der Waals surface area contributed by atoms with Crippen molar-refractivity contribution >= 4 is 23.2 Å². The number of nitrogens with zero attached hydrogens (tertiary/aromatic N) is 1. The molecular weight excluding hydrogens is 276 g/mol. The summed E-state index contributed by atoms with van der Waals surface area (Å²) in [6, 6.07) is 1.29. The molecule has 1 aliphatic rings. The summed E-state index contributed by atoms with van der Waals surface area (Å²) in [6.45, 7) is 2.76. The highest BCUT2D eigenvalue weighted by Gasteiger charge is 2.30. The van der Waals surface area contributed by atoms with Crippen molar-refractivity contribution in [3.63, 3.8) is 0 Å². The van der Waals surface area contributed by atoms with Gasteiger partial charge in [-0.3, -0.25) is 9.59 Å². The minimum absolute atomic E-state index is 0.0323. The molecule has 106 valence electrons. The number of aliphatic hydroxyl groups is 1. The lowest BCUT2D eigenvalue weighted by molar-refractivity contribution is -0.127. The van der Waals surface area contributed by atoms with Gasteiger partial charge in [0.1, 0.15) is 6.04 Å². The molecule has 0 bridgehead atoms. The van der Waals surface area contributed by atoms with Crippen LogP contribution in [0, 0.1) is 11.8 Å². The van der Waals surface area contributed by atoms with Crippen molar-refractivity contribution in [1.82, 2.24) is 10.2 Å². The molecule has 1 aromatic rings. The van der Waals surface area contributed by atoms with Gasteiger partial charge in [0, 0.05) is 24.9 Å². The van der Waals surface area contributed by atoms with Gasteiger partial charge >= 0.3 is 0 Å². The van der Waals surface area contributed by atoms with Gasteiger partial charge < -0.3 is 15.3 Å². The van der Waals surface area contributed by atoms with Gasteiger partial charge in [-0.25, -0.2) is 0 Å². The Morgan fingerprint density at radius 1 is 1.65 bits per heavy atom. The summed E-state index contributed by atoms with van der Waals surface area (Å²) in [5.74, 6) is 5.46. The fourth-order valence-electron chi connectivity index (χ4n) is 1.95. The predicted molar refractivity (Wildman–Crippen MR) is 76.4 cm³/mol. The first-order valence-corrected chi connectivity index (χ1v) is 7.28. The molecule has 1 saturated heterocycles. The highest BCUT2D eigenvalue weighted by Crippen LogP contribution is 2.17. The highest BCUT2D eigenvalue weighted by atomic mass is 32.1. The molecule has 1 aromatic heterocycles. The zero-order valence-corrected chi connectivity index (χ0v) is 12.0. The number of hydrogen-bond donors (Lipinski definition) is 2. The summed E-state index contributed by atoms with van der Waals surface area (Å²) in [6.07, 6.45) is 0.421. The SMILES string of the molecule is CC1C(=O)NCCN1C(=O)c1csc(C#CCCO)c1. The van der Waals surface area contributed by atoms with E-state index in [1.165, 1.54) is 11.3 Å². The molecule has 6 heteroatoms. The first-order valence-electron chi connectivity index (χ1n) is 6.40. The average molecular weight is 292 g/mol. The van der Waals surface area contributed by atoms with E-state index in [9.17, 15) is 9.59 Å². The van der Waals surface area contributed by atoms with Gasteiger partial charge in [-0.15, -0.1) is 11.3 Å². The lowest BCUT2D eigenvalue weighted by atomic mass is 10.1. The van der Waals surface area contributed by atoms with Crippen molar-refractivity contribution in [2.24, 2.45) is 0 Å². The van der Waals surface area contributed by atoms with Gasteiger partial charge in [0.25, 0.3) is 5.91 Å². The molecule has 1 aliphatic heterocycles. The van der Waals surface area contributed by atoms with E-state index >= 15 is 0 Å². The Bertz CT molecular complexity index is 570. The lowest BCUT2D eigenvalue weighted by Crippen LogP contribution is -2.55. The standard InChI is InChI=1S/C14H16N2O3S/c1-10-13(18)15-5-6-16(10)14(19)11-8-12(20-9-11)4-2-3-7-17/h8-10,17H,3,5-7H2,1H3,(H,15,18). The van der Waals surface area contributed by atoms with Crippen LogP contribution in [-0.4, -0.2) is 47.6 Å². The second-order valence-corrected chi connectivity index (χ2v) is 5.35. The van der Waals surface area contributed by atoms with Crippen LogP contribution >= 0.6 is 11.3 Å². The van der Waals surface area contributed by atoms with Gasteiger partial charge in [-0.1, -0.05) is 11.8 Å². The van der Waals surface area contributed by atoms with Gasteiger partial charge in [0.15, 0.2) is 0 Å². The van der Waals surface area contributed by atoms with Crippen molar-refractivity contribution in [2.75, 3.05) is 19.7 Å². The smallest absolute Gasteiger partial charge is 0.255 e. The van der Waals surface area contributed by atoms with Crippen LogP contribution in [0.3, 0.4) is 0 Å². The van der Waals surface area contributed by atoms with E-state index in [1.54, 1.807) is 23.3 Å². The highest BCUT2D eigenvalue weighted by molar-refractivity contribution is 7.10. The van der Waals surface area contributed by atoms with Crippen LogP contribution in [0.2, 0.25) is 0 Å². The molecule has 5 nitrogen and oxygen atoms in total. The van der Waals surface area contributed by atoms with Gasteiger partial charge in [-0.2, -0.15) is 0 Å². The number of carbonyl (C=O) groups excluding carboxylic acids is 2. The number of rotatable bonds is 2. The fraction of sp³-hybridized carbons (Fsp3) is 0.429. The molecule has 0 radical (unpaired) electrons.